The Kier molecular flexibility index (Phi) is 8.49. The quantitative estimate of drug-likeness (QED) is 0.135. The van der Waals surface area contributed by atoms with E-state index in [2.05, 4.69) is 48.8 Å². The van der Waals surface area contributed by atoms with Gasteiger partial charge in [-0.2, -0.15) is 13.9 Å². The van der Waals surface area contributed by atoms with E-state index in [4.69, 9.17) is 19.8 Å². The number of hydrogen-bond acceptors (Lipinski definition) is 8. The molecule has 13 heteroatoms. The van der Waals surface area contributed by atoms with Crippen LogP contribution < -0.4 is 10.1 Å². The summed E-state index contributed by atoms with van der Waals surface area (Å²) in [6.45, 7) is 4.10. The number of hydrogen-bond donors (Lipinski definition) is 1. The molecule has 8 nitrogen and oxygen atoms in total. The van der Waals surface area contributed by atoms with Crippen LogP contribution >= 0.6 is 11.3 Å². The van der Waals surface area contributed by atoms with Crippen LogP contribution in [0.15, 0.2) is 41.9 Å². The number of fused-ring (bicyclic) bond motifs is 3. The summed E-state index contributed by atoms with van der Waals surface area (Å²) in [5.74, 6) is -1.89. The SMILES string of the molecule is C[C@@H]1c2cc(-c3nc(-c4cc5n(n4)[C@@H](C)CN[C@@H]5C)c(-c4c(F)cc(F)cc4OCCOC(F)F)c4sccc34)cnc2CCN1C. The van der Waals surface area contributed by atoms with Gasteiger partial charge >= 0.3 is 6.61 Å². The topological polar surface area (TPSA) is 77.3 Å². The fourth-order valence-corrected chi connectivity index (χ4v) is 7.47. The van der Waals surface area contributed by atoms with Crippen molar-refractivity contribution < 1.29 is 27.0 Å². The number of aromatic nitrogens is 4. The Morgan fingerprint density at radius 3 is 2.68 bits per heavy atom. The molecule has 0 radical (unpaired) electrons. The number of halogens is 4. The van der Waals surface area contributed by atoms with Gasteiger partial charge in [-0.25, -0.2) is 13.8 Å². The van der Waals surface area contributed by atoms with Crippen molar-refractivity contribution >= 4 is 21.4 Å². The van der Waals surface area contributed by atoms with Crippen LogP contribution in [-0.2, 0) is 11.2 Å². The normalized spacial score (nSPS) is 19.7. The fraction of sp³-hybridized carbons (Fsp3) is 0.382. The molecule has 4 aromatic heterocycles. The first-order chi connectivity index (χ1) is 22.6. The monoisotopic (exact) mass is 666 g/mol. The maximum absolute atomic E-state index is 16.1. The highest BCUT2D eigenvalue weighted by Crippen LogP contribution is 2.47. The molecule has 0 amide bonds. The first-order valence-electron chi connectivity index (χ1n) is 15.6. The van der Waals surface area contributed by atoms with Gasteiger partial charge < -0.3 is 14.8 Å². The van der Waals surface area contributed by atoms with Crippen LogP contribution in [0.1, 0.15) is 55.8 Å². The van der Waals surface area contributed by atoms with Gasteiger partial charge in [0.25, 0.3) is 0 Å². The maximum Gasteiger partial charge on any atom is 0.345 e. The lowest BCUT2D eigenvalue weighted by atomic mass is 9.94. The maximum atomic E-state index is 16.1. The van der Waals surface area contributed by atoms with Crippen molar-refractivity contribution in [1.82, 2.24) is 30.0 Å². The molecule has 0 unspecified atom stereocenters. The number of nitrogens with zero attached hydrogens (tertiary/aromatic N) is 5. The van der Waals surface area contributed by atoms with Crippen molar-refractivity contribution in [2.75, 3.05) is 33.4 Å². The minimum absolute atomic E-state index is 0.0143. The van der Waals surface area contributed by atoms with E-state index in [-0.39, 0.29) is 36.0 Å². The van der Waals surface area contributed by atoms with Crippen molar-refractivity contribution in [3.05, 3.63) is 70.5 Å². The molecular weight excluding hydrogens is 632 g/mol. The fourth-order valence-electron chi connectivity index (χ4n) is 6.52. The predicted octanol–water partition coefficient (Wildman–Crippen LogP) is 7.56. The second kappa shape index (κ2) is 12.6. The highest BCUT2D eigenvalue weighted by Gasteiger charge is 2.30. The Bertz CT molecular complexity index is 1940. The zero-order valence-electron chi connectivity index (χ0n) is 26.4. The van der Waals surface area contributed by atoms with Crippen molar-refractivity contribution in [1.29, 1.82) is 0 Å². The van der Waals surface area contributed by atoms with E-state index in [1.54, 1.807) is 0 Å². The Morgan fingerprint density at radius 2 is 1.89 bits per heavy atom. The molecule has 6 heterocycles. The molecule has 2 aliphatic heterocycles. The van der Waals surface area contributed by atoms with E-state index in [9.17, 15) is 13.2 Å². The number of pyridine rings is 2. The van der Waals surface area contributed by atoms with Crippen molar-refractivity contribution in [3.63, 3.8) is 0 Å². The highest BCUT2D eigenvalue weighted by molar-refractivity contribution is 7.18. The van der Waals surface area contributed by atoms with E-state index in [1.807, 2.05) is 28.4 Å². The van der Waals surface area contributed by atoms with Gasteiger partial charge in [-0.1, -0.05) is 0 Å². The van der Waals surface area contributed by atoms with Crippen LogP contribution in [0.3, 0.4) is 0 Å². The van der Waals surface area contributed by atoms with Crippen LogP contribution in [0.4, 0.5) is 17.6 Å². The lowest BCUT2D eigenvalue weighted by Gasteiger charge is -2.31. The zero-order valence-corrected chi connectivity index (χ0v) is 27.2. The summed E-state index contributed by atoms with van der Waals surface area (Å²) in [5, 5.41) is 11.1. The van der Waals surface area contributed by atoms with Gasteiger partial charge in [-0.15, -0.1) is 11.3 Å². The number of benzene rings is 1. The lowest BCUT2D eigenvalue weighted by molar-refractivity contribution is -0.133. The molecule has 0 fully saturated rings. The Balaban J connectivity index is 1.47. The van der Waals surface area contributed by atoms with Gasteiger partial charge in [-0.3, -0.25) is 14.6 Å². The Hall–Kier alpha value is -3.91. The van der Waals surface area contributed by atoms with Gasteiger partial charge in [0.15, 0.2) is 0 Å². The Morgan fingerprint density at radius 1 is 1.06 bits per heavy atom. The predicted molar refractivity (Wildman–Crippen MR) is 173 cm³/mol. The third-order valence-corrected chi connectivity index (χ3v) is 10.1. The number of likely N-dealkylation sites (N-methyl/N-ethyl adjacent to an activating group) is 1. The standard InChI is InChI=1S/C34H34F4N6O2S/c1-17-15-39-18(2)27-14-26(42-44(17)27)32-30(29-24(36)12-21(35)13-28(29)45-8-9-46-34(37)38)33-22(6-10-47-33)31(41-32)20-11-23-19(3)43(4)7-5-25(23)40-16-20/h6,10-14,16-19,34,39H,5,7-9,15H2,1-4H3/t17-,18+,19+/m0/s1. The van der Waals surface area contributed by atoms with E-state index < -0.39 is 24.9 Å². The van der Waals surface area contributed by atoms with Crippen molar-refractivity contribution in [2.24, 2.45) is 0 Å². The van der Waals surface area contributed by atoms with E-state index in [0.717, 1.165) is 59.5 Å². The highest BCUT2D eigenvalue weighted by atomic mass is 32.1. The number of alkyl halides is 2. The third kappa shape index (κ3) is 5.79. The van der Waals surface area contributed by atoms with Crippen LogP contribution in [-0.4, -0.2) is 64.6 Å². The number of nitrogens with one attached hydrogen (secondary N) is 1. The number of rotatable bonds is 8. The molecule has 0 saturated carbocycles. The molecule has 0 bridgehead atoms. The first kappa shape index (κ1) is 31.7. The van der Waals surface area contributed by atoms with Crippen LogP contribution in [0.25, 0.3) is 43.9 Å². The average molecular weight is 667 g/mol. The Labute approximate surface area is 273 Å². The molecule has 246 valence electrons. The number of thiophene rings is 1. The van der Waals surface area contributed by atoms with E-state index in [0.29, 0.717) is 27.3 Å². The van der Waals surface area contributed by atoms with Crippen molar-refractivity contribution in [2.45, 2.75) is 51.9 Å². The van der Waals surface area contributed by atoms with Gasteiger partial charge in [0.1, 0.15) is 35.4 Å². The minimum Gasteiger partial charge on any atom is -0.490 e. The summed E-state index contributed by atoms with van der Waals surface area (Å²) in [6, 6.07) is 8.08. The molecule has 47 heavy (non-hydrogen) atoms. The van der Waals surface area contributed by atoms with Crippen LogP contribution in [0.2, 0.25) is 0 Å². The average Bonchev–Trinajstić information content (AvgIpc) is 3.72. The first-order valence-corrected chi connectivity index (χ1v) is 16.4. The molecule has 1 aromatic carbocycles. The van der Waals surface area contributed by atoms with Gasteiger partial charge in [0.05, 0.1) is 29.6 Å². The van der Waals surface area contributed by atoms with E-state index >= 15 is 4.39 Å². The molecule has 1 N–H and O–H groups in total. The molecule has 5 aromatic rings. The largest absolute Gasteiger partial charge is 0.490 e. The van der Waals surface area contributed by atoms with Crippen molar-refractivity contribution in [3.8, 4) is 39.5 Å². The van der Waals surface area contributed by atoms with Gasteiger partial charge in [-0.05, 0) is 57.0 Å². The summed E-state index contributed by atoms with van der Waals surface area (Å²) >= 11 is 1.39. The van der Waals surface area contributed by atoms with Crippen LogP contribution in [0.5, 0.6) is 5.75 Å². The van der Waals surface area contributed by atoms with E-state index in [1.165, 1.54) is 11.3 Å². The summed E-state index contributed by atoms with van der Waals surface area (Å²) < 4.78 is 68.7. The van der Waals surface area contributed by atoms with Crippen LogP contribution in [0, 0.1) is 11.6 Å². The molecule has 0 aliphatic carbocycles. The minimum atomic E-state index is -3.00. The molecular formula is C34H34F4N6O2S. The summed E-state index contributed by atoms with van der Waals surface area (Å²) in [6.07, 6.45) is 2.68. The summed E-state index contributed by atoms with van der Waals surface area (Å²) in [7, 11) is 2.09. The second-order valence-electron chi connectivity index (χ2n) is 12.1. The second-order valence-corrected chi connectivity index (χ2v) is 13.0. The lowest BCUT2D eigenvalue weighted by Crippen LogP contribution is -2.34. The summed E-state index contributed by atoms with van der Waals surface area (Å²) in [5.41, 5.74) is 5.86. The third-order valence-electron chi connectivity index (χ3n) is 9.14. The molecule has 7 rings (SSSR count). The van der Waals surface area contributed by atoms with Gasteiger partial charge in [0, 0.05) is 76.8 Å². The molecule has 2 aliphatic rings. The molecule has 0 saturated heterocycles. The number of ether oxygens (including phenoxy) is 2. The zero-order chi connectivity index (χ0) is 33.0. The molecule has 0 spiro atoms. The van der Waals surface area contributed by atoms with Gasteiger partial charge in [0.2, 0.25) is 0 Å². The summed E-state index contributed by atoms with van der Waals surface area (Å²) in [4.78, 5) is 12.3. The molecule has 3 atom stereocenters. The smallest absolute Gasteiger partial charge is 0.345 e.